The summed E-state index contributed by atoms with van der Waals surface area (Å²) in [6.45, 7) is 0.557. The van der Waals surface area contributed by atoms with Gasteiger partial charge in [-0.1, -0.05) is 12.8 Å². The lowest BCUT2D eigenvalue weighted by Crippen LogP contribution is -2.43. The summed E-state index contributed by atoms with van der Waals surface area (Å²) in [7, 11) is 1.33. The van der Waals surface area contributed by atoms with Gasteiger partial charge in [-0.3, -0.25) is 9.59 Å². The van der Waals surface area contributed by atoms with Gasteiger partial charge in [-0.05, 0) is 31.1 Å². The number of hydrogen-bond acceptors (Lipinski definition) is 4. The van der Waals surface area contributed by atoms with E-state index in [0.29, 0.717) is 13.0 Å². The van der Waals surface area contributed by atoms with Crippen molar-refractivity contribution in [3.05, 3.63) is 0 Å². The number of carbonyl (C=O) groups is 3. The number of likely N-dealkylation sites (tertiary alicyclic amines) is 1. The van der Waals surface area contributed by atoms with Crippen LogP contribution in [0.1, 0.15) is 51.4 Å². The summed E-state index contributed by atoms with van der Waals surface area (Å²) < 4.78 is 4.75. The standard InChI is InChI=1S/C15H23NO5/c1-21-14(20)11-5-4-8-16(11)12(17)9-15(10-13(18)19)6-2-3-7-15/h11H,2-10H2,1H3,(H,18,19). The van der Waals surface area contributed by atoms with Gasteiger partial charge in [-0.15, -0.1) is 0 Å². The van der Waals surface area contributed by atoms with Gasteiger partial charge in [0, 0.05) is 13.0 Å². The third-order valence-corrected chi connectivity index (χ3v) is 4.76. The molecule has 1 amide bonds. The number of hydrogen-bond donors (Lipinski definition) is 1. The molecule has 6 nitrogen and oxygen atoms in total. The highest BCUT2D eigenvalue weighted by Gasteiger charge is 2.42. The number of rotatable bonds is 5. The van der Waals surface area contributed by atoms with Crippen LogP contribution in [0.5, 0.6) is 0 Å². The molecule has 1 atom stereocenters. The first-order valence-electron chi connectivity index (χ1n) is 7.56. The van der Waals surface area contributed by atoms with Crippen molar-refractivity contribution in [3.63, 3.8) is 0 Å². The van der Waals surface area contributed by atoms with Crippen molar-refractivity contribution in [3.8, 4) is 0 Å². The van der Waals surface area contributed by atoms with Crippen molar-refractivity contribution in [2.24, 2.45) is 5.41 Å². The third kappa shape index (κ3) is 3.54. The predicted molar refractivity (Wildman–Crippen MR) is 74.5 cm³/mol. The largest absolute Gasteiger partial charge is 0.481 e. The molecule has 118 valence electrons. The molecule has 21 heavy (non-hydrogen) atoms. The Hall–Kier alpha value is -1.59. The van der Waals surface area contributed by atoms with Crippen LogP contribution in [0.4, 0.5) is 0 Å². The Kier molecular flexibility index (Phi) is 4.85. The Morgan fingerprint density at radius 2 is 1.86 bits per heavy atom. The van der Waals surface area contributed by atoms with E-state index in [1.54, 1.807) is 4.90 Å². The molecule has 0 aromatic carbocycles. The monoisotopic (exact) mass is 297 g/mol. The lowest BCUT2D eigenvalue weighted by atomic mass is 9.79. The second-order valence-corrected chi connectivity index (χ2v) is 6.22. The molecule has 1 unspecified atom stereocenters. The van der Waals surface area contributed by atoms with Gasteiger partial charge < -0.3 is 14.7 Å². The molecule has 0 spiro atoms. The molecule has 1 heterocycles. The van der Waals surface area contributed by atoms with Crippen molar-refractivity contribution in [1.29, 1.82) is 0 Å². The molecule has 1 aliphatic heterocycles. The summed E-state index contributed by atoms with van der Waals surface area (Å²) in [6.07, 6.45) is 5.19. The number of ether oxygens (including phenoxy) is 1. The Labute approximate surface area is 124 Å². The third-order valence-electron chi connectivity index (χ3n) is 4.76. The van der Waals surface area contributed by atoms with Crippen LogP contribution in [-0.4, -0.2) is 47.5 Å². The van der Waals surface area contributed by atoms with Crippen molar-refractivity contribution in [2.45, 2.75) is 57.4 Å². The zero-order valence-corrected chi connectivity index (χ0v) is 12.5. The SMILES string of the molecule is COC(=O)C1CCCN1C(=O)CC1(CC(=O)O)CCCC1. The molecule has 1 saturated carbocycles. The Balaban J connectivity index is 2.05. The summed E-state index contributed by atoms with van der Waals surface area (Å²) in [5, 5.41) is 9.10. The zero-order valence-electron chi connectivity index (χ0n) is 12.5. The van der Waals surface area contributed by atoms with E-state index in [4.69, 9.17) is 9.84 Å². The Morgan fingerprint density at radius 1 is 1.19 bits per heavy atom. The summed E-state index contributed by atoms with van der Waals surface area (Å²) in [4.78, 5) is 36.9. The molecular weight excluding hydrogens is 274 g/mol. The number of nitrogens with zero attached hydrogens (tertiary/aromatic N) is 1. The fraction of sp³-hybridized carbons (Fsp3) is 0.800. The number of esters is 1. The van der Waals surface area contributed by atoms with Crippen LogP contribution in [0.15, 0.2) is 0 Å². The maximum atomic E-state index is 12.5. The van der Waals surface area contributed by atoms with E-state index in [1.807, 2.05) is 0 Å². The van der Waals surface area contributed by atoms with Crippen molar-refractivity contribution in [2.75, 3.05) is 13.7 Å². The quantitative estimate of drug-likeness (QED) is 0.779. The van der Waals surface area contributed by atoms with Gasteiger partial charge in [0.25, 0.3) is 0 Å². The van der Waals surface area contributed by atoms with Gasteiger partial charge in [0.1, 0.15) is 6.04 Å². The molecular formula is C15H23NO5. The fourth-order valence-corrected chi connectivity index (χ4v) is 3.73. The highest BCUT2D eigenvalue weighted by Crippen LogP contribution is 2.44. The normalized spacial score (nSPS) is 24.0. The van der Waals surface area contributed by atoms with E-state index in [2.05, 4.69) is 0 Å². The van der Waals surface area contributed by atoms with E-state index < -0.39 is 17.4 Å². The number of amides is 1. The first kappa shape index (κ1) is 15.8. The molecule has 1 saturated heterocycles. The van der Waals surface area contributed by atoms with Crippen molar-refractivity contribution < 1.29 is 24.2 Å². The van der Waals surface area contributed by atoms with E-state index >= 15 is 0 Å². The average molecular weight is 297 g/mol. The van der Waals surface area contributed by atoms with E-state index in [1.165, 1.54) is 7.11 Å². The number of carboxylic acid groups (broad SMARTS) is 1. The average Bonchev–Trinajstić information content (AvgIpc) is 3.06. The van der Waals surface area contributed by atoms with Gasteiger partial charge in [-0.25, -0.2) is 4.79 Å². The molecule has 0 bridgehead atoms. The summed E-state index contributed by atoms with van der Waals surface area (Å²) >= 11 is 0. The molecule has 0 aromatic heterocycles. The lowest BCUT2D eigenvalue weighted by Gasteiger charge is -2.30. The molecule has 0 radical (unpaired) electrons. The second kappa shape index (κ2) is 6.45. The van der Waals surface area contributed by atoms with Crippen LogP contribution in [-0.2, 0) is 19.1 Å². The van der Waals surface area contributed by atoms with Crippen molar-refractivity contribution >= 4 is 17.8 Å². The predicted octanol–water partition coefficient (Wildman–Crippen LogP) is 1.58. The van der Waals surface area contributed by atoms with Gasteiger partial charge in [0.05, 0.1) is 13.5 Å². The van der Waals surface area contributed by atoms with Crippen LogP contribution in [0.2, 0.25) is 0 Å². The highest BCUT2D eigenvalue weighted by atomic mass is 16.5. The van der Waals surface area contributed by atoms with Crippen LogP contribution in [0, 0.1) is 5.41 Å². The smallest absolute Gasteiger partial charge is 0.328 e. The second-order valence-electron chi connectivity index (χ2n) is 6.22. The zero-order chi connectivity index (χ0) is 15.5. The van der Waals surface area contributed by atoms with Crippen LogP contribution in [0.3, 0.4) is 0 Å². The molecule has 2 rings (SSSR count). The van der Waals surface area contributed by atoms with Gasteiger partial charge in [-0.2, -0.15) is 0 Å². The maximum Gasteiger partial charge on any atom is 0.328 e. The summed E-state index contributed by atoms with van der Waals surface area (Å²) in [5.41, 5.74) is -0.424. The summed E-state index contributed by atoms with van der Waals surface area (Å²) in [6, 6.07) is -0.495. The maximum absolute atomic E-state index is 12.5. The van der Waals surface area contributed by atoms with E-state index in [9.17, 15) is 14.4 Å². The summed E-state index contributed by atoms with van der Waals surface area (Å²) in [5.74, 6) is -1.33. The highest BCUT2D eigenvalue weighted by molar-refractivity contribution is 5.85. The molecule has 6 heteroatoms. The van der Waals surface area contributed by atoms with Gasteiger partial charge >= 0.3 is 11.9 Å². The van der Waals surface area contributed by atoms with E-state index in [0.717, 1.165) is 32.1 Å². The minimum atomic E-state index is -0.851. The topological polar surface area (TPSA) is 83.9 Å². The Bertz CT molecular complexity index is 428. The van der Waals surface area contributed by atoms with E-state index in [-0.39, 0.29) is 24.7 Å². The fourth-order valence-electron chi connectivity index (χ4n) is 3.73. The molecule has 1 N–H and O–H groups in total. The number of aliphatic carboxylic acids is 1. The van der Waals surface area contributed by atoms with Crippen LogP contribution in [0.25, 0.3) is 0 Å². The Morgan fingerprint density at radius 3 is 2.43 bits per heavy atom. The minimum Gasteiger partial charge on any atom is -0.481 e. The van der Waals surface area contributed by atoms with Crippen LogP contribution < -0.4 is 0 Å². The van der Waals surface area contributed by atoms with Gasteiger partial charge in [0.2, 0.25) is 5.91 Å². The van der Waals surface area contributed by atoms with Crippen LogP contribution >= 0.6 is 0 Å². The van der Waals surface area contributed by atoms with Gasteiger partial charge in [0.15, 0.2) is 0 Å². The number of carbonyl (C=O) groups excluding carboxylic acids is 2. The minimum absolute atomic E-state index is 0.0372. The molecule has 2 fully saturated rings. The first-order chi connectivity index (χ1) is 9.97. The molecule has 1 aliphatic carbocycles. The number of carboxylic acids is 1. The first-order valence-corrected chi connectivity index (χ1v) is 7.56. The van der Waals surface area contributed by atoms with Crippen molar-refractivity contribution in [1.82, 2.24) is 4.90 Å². The lowest BCUT2D eigenvalue weighted by molar-refractivity contribution is -0.152. The molecule has 0 aromatic rings. The number of methoxy groups -OCH3 is 1. The molecule has 2 aliphatic rings.